The quantitative estimate of drug-likeness (QED) is 0.446. The third kappa shape index (κ3) is 2.68. The molecule has 0 saturated carbocycles. The summed E-state index contributed by atoms with van der Waals surface area (Å²) in [6.07, 6.45) is 0.912. The van der Waals surface area contributed by atoms with Crippen molar-refractivity contribution in [1.29, 1.82) is 0 Å². The Balaban J connectivity index is 1.51. The van der Waals surface area contributed by atoms with Gasteiger partial charge in [0, 0.05) is 29.5 Å². The van der Waals surface area contributed by atoms with E-state index >= 15 is 0 Å². The summed E-state index contributed by atoms with van der Waals surface area (Å²) >= 11 is 0. The molecule has 152 valence electrons. The Morgan fingerprint density at radius 2 is 1.74 bits per heavy atom. The Hall–Kier alpha value is -3.66. The lowest BCUT2D eigenvalue weighted by Gasteiger charge is -2.36. The van der Waals surface area contributed by atoms with Crippen LogP contribution in [0.2, 0.25) is 0 Å². The molecule has 0 saturated heterocycles. The average Bonchev–Trinajstić information content (AvgIpc) is 3.12. The molecule has 0 N–H and O–H groups in total. The highest BCUT2D eigenvalue weighted by Crippen LogP contribution is 2.41. The van der Waals surface area contributed by atoms with E-state index in [-0.39, 0.29) is 23.7 Å². The number of Topliss-reactive ketones (excluding diaryl/α,β-unsaturated/α-hetero) is 1. The average molecular weight is 407 g/mol. The monoisotopic (exact) mass is 407 g/mol. The van der Waals surface area contributed by atoms with Gasteiger partial charge in [-0.1, -0.05) is 48.0 Å². The molecular weight excluding hydrogens is 386 g/mol. The van der Waals surface area contributed by atoms with Crippen molar-refractivity contribution in [2.24, 2.45) is 5.92 Å². The van der Waals surface area contributed by atoms with Crippen LogP contribution < -0.4 is 4.74 Å². The molecule has 31 heavy (non-hydrogen) atoms. The molecule has 4 nitrogen and oxygen atoms in total. The zero-order valence-electron chi connectivity index (χ0n) is 17.2. The number of hydrogen-bond acceptors (Lipinski definition) is 3. The van der Waals surface area contributed by atoms with Crippen LogP contribution in [0.1, 0.15) is 37.5 Å². The Morgan fingerprint density at radius 1 is 0.968 bits per heavy atom. The first kappa shape index (κ1) is 18.1. The second kappa shape index (κ2) is 6.67. The van der Waals surface area contributed by atoms with Crippen molar-refractivity contribution in [1.82, 2.24) is 4.57 Å². The summed E-state index contributed by atoms with van der Waals surface area (Å²) in [5.74, 6) is 0.444. The first-order valence-electron chi connectivity index (χ1n) is 10.6. The Bertz CT molecular complexity index is 1370. The number of ether oxygens (including phenoxy) is 1. The molecule has 4 aromatic rings. The molecule has 2 aliphatic rings. The fourth-order valence-electron chi connectivity index (χ4n) is 5.11. The van der Waals surface area contributed by atoms with Gasteiger partial charge < -0.3 is 4.74 Å². The molecule has 0 unspecified atom stereocenters. The first-order chi connectivity index (χ1) is 15.1. The topological polar surface area (TPSA) is 48.3 Å². The summed E-state index contributed by atoms with van der Waals surface area (Å²) < 4.78 is 8.12. The van der Waals surface area contributed by atoms with Gasteiger partial charge in [0.05, 0.1) is 17.0 Å². The summed E-state index contributed by atoms with van der Waals surface area (Å²) in [5.41, 5.74) is 5.27. The van der Waals surface area contributed by atoms with Crippen LogP contribution >= 0.6 is 0 Å². The van der Waals surface area contributed by atoms with Crippen LogP contribution in [0.25, 0.3) is 10.9 Å². The van der Waals surface area contributed by atoms with Crippen LogP contribution in [-0.4, -0.2) is 22.4 Å². The molecule has 1 aromatic heterocycles. The first-order valence-corrected chi connectivity index (χ1v) is 10.6. The largest absolute Gasteiger partial charge is 0.489 e. The Kier molecular flexibility index (Phi) is 3.90. The van der Waals surface area contributed by atoms with Crippen molar-refractivity contribution >= 4 is 22.6 Å². The number of aromatic nitrogens is 1. The Morgan fingerprint density at radius 3 is 2.58 bits per heavy atom. The lowest BCUT2D eigenvalue weighted by molar-refractivity contribution is 0.0626. The predicted octanol–water partition coefficient (Wildman–Crippen LogP) is 5.00. The minimum Gasteiger partial charge on any atom is -0.489 e. The molecule has 0 radical (unpaired) electrons. The van der Waals surface area contributed by atoms with E-state index in [1.54, 1.807) is 0 Å². The fourth-order valence-corrected chi connectivity index (χ4v) is 5.11. The summed E-state index contributed by atoms with van der Waals surface area (Å²) in [5, 5.41) is 1.06. The molecule has 3 aromatic carbocycles. The molecule has 6 rings (SSSR count). The number of carbonyl (C=O) groups is 2. The molecule has 0 amide bonds. The second-order valence-corrected chi connectivity index (χ2v) is 8.48. The summed E-state index contributed by atoms with van der Waals surface area (Å²) in [6.45, 7) is 1.98. The molecular formula is C27H21NO3. The van der Waals surface area contributed by atoms with Crippen molar-refractivity contribution in [2.45, 2.75) is 25.9 Å². The van der Waals surface area contributed by atoms with E-state index in [1.807, 2.05) is 78.2 Å². The number of rotatable bonds is 1. The predicted molar refractivity (Wildman–Crippen MR) is 119 cm³/mol. The van der Waals surface area contributed by atoms with Crippen LogP contribution in [0.15, 0.2) is 72.8 Å². The van der Waals surface area contributed by atoms with Crippen molar-refractivity contribution in [3.05, 3.63) is 101 Å². The van der Waals surface area contributed by atoms with Gasteiger partial charge in [0.2, 0.25) is 0 Å². The van der Waals surface area contributed by atoms with Crippen molar-refractivity contribution in [2.75, 3.05) is 0 Å². The van der Waals surface area contributed by atoms with Gasteiger partial charge in [-0.2, -0.15) is 0 Å². The third-order valence-corrected chi connectivity index (χ3v) is 6.60. The van der Waals surface area contributed by atoms with Gasteiger partial charge in [0.25, 0.3) is 5.91 Å². The van der Waals surface area contributed by atoms with Gasteiger partial charge in [0.15, 0.2) is 5.78 Å². The zero-order valence-corrected chi connectivity index (χ0v) is 17.2. The molecule has 0 bridgehead atoms. The van der Waals surface area contributed by atoms with E-state index in [4.69, 9.17) is 4.74 Å². The number of ketones is 1. The summed E-state index contributed by atoms with van der Waals surface area (Å²) in [6, 6.07) is 23.1. The van der Waals surface area contributed by atoms with Gasteiger partial charge in [0.1, 0.15) is 11.9 Å². The highest BCUT2D eigenvalue weighted by molar-refractivity contribution is 6.06. The van der Waals surface area contributed by atoms with Crippen LogP contribution in [0.5, 0.6) is 5.75 Å². The van der Waals surface area contributed by atoms with Gasteiger partial charge in [-0.3, -0.25) is 14.2 Å². The van der Waals surface area contributed by atoms with E-state index in [0.717, 1.165) is 27.7 Å². The molecule has 1 aliphatic carbocycles. The lowest BCUT2D eigenvalue weighted by Crippen LogP contribution is -2.43. The van der Waals surface area contributed by atoms with Crippen LogP contribution in [-0.2, 0) is 12.8 Å². The highest BCUT2D eigenvalue weighted by Gasteiger charge is 2.43. The zero-order chi connectivity index (χ0) is 21.1. The third-order valence-electron chi connectivity index (χ3n) is 6.60. The maximum Gasteiger partial charge on any atom is 0.262 e. The summed E-state index contributed by atoms with van der Waals surface area (Å²) in [7, 11) is 0. The van der Waals surface area contributed by atoms with E-state index in [0.29, 0.717) is 29.7 Å². The maximum absolute atomic E-state index is 13.5. The highest BCUT2D eigenvalue weighted by atomic mass is 16.5. The van der Waals surface area contributed by atoms with E-state index < -0.39 is 0 Å². The van der Waals surface area contributed by atoms with E-state index in [2.05, 4.69) is 6.07 Å². The van der Waals surface area contributed by atoms with Crippen molar-refractivity contribution in [3.8, 4) is 5.75 Å². The smallest absolute Gasteiger partial charge is 0.262 e. The molecule has 2 atom stereocenters. The second-order valence-electron chi connectivity index (χ2n) is 8.48. The minimum absolute atomic E-state index is 0.0584. The number of carbonyl (C=O) groups excluding carboxylic acids is 2. The van der Waals surface area contributed by atoms with Crippen molar-refractivity contribution in [3.63, 3.8) is 0 Å². The maximum atomic E-state index is 13.5. The fraction of sp³-hybridized carbons (Fsp3) is 0.185. The van der Waals surface area contributed by atoms with Crippen LogP contribution in [0.4, 0.5) is 0 Å². The Labute approximate surface area is 180 Å². The number of para-hydroxylation sites is 1. The van der Waals surface area contributed by atoms with Gasteiger partial charge in [-0.25, -0.2) is 0 Å². The standard InChI is InChI=1S/C27H21NO3/c1-16-11-12-24-20(13-16)26(29)21-14-23-19(15-25(21)31-24)18-9-5-6-10-22(18)28(23)27(30)17-7-3-2-4-8-17/h2-13,21,25H,14-15H2,1H3/t21-,25+/m1/s1. The summed E-state index contributed by atoms with van der Waals surface area (Å²) in [4.78, 5) is 26.9. The van der Waals surface area contributed by atoms with E-state index in [9.17, 15) is 9.59 Å². The van der Waals surface area contributed by atoms with Gasteiger partial charge in [-0.05, 0) is 42.8 Å². The van der Waals surface area contributed by atoms with Crippen LogP contribution in [0.3, 0.4) is 0 Å². The molecule has 0 spiro atoms. The lowest BCUT2D eigenvalue weighted by atomic mass is 9.78. The van der Waals surface area contributed by atoms with Gasteiger partial charge >= 0.3 is 0 Å². The van der Waals surface area contributed by atoms with Gasteiger partial charge in [-0.15, -0.1) is 0 Å². The van der Waals surface area contributed by atoms with E-state index in [1.165, 1.54) is 0 Å². The number of aryl methyl sites for hydroxylation is 1. The number of benzene rings is 3. The molecule has 0 fully saturated rings. The molecule has 1 aliphatic heterocycles. The molecule has 2 heterocycles. The number of fused-ring (bicyclic) bond motifs is 5. The van der Waals surface area contributed by atoms with Crippen molar-refractivity contribution < 1.29 is 14.3 Å². The number of nitrogens with zero attached hydrogens (tertiary/aromatic N) is 1. The SMILES string of the molecule is Cc1ccc2c(c1)C(=O)[C@@H]1Cc3c(c4ccccc4n3C(=O)c3ccccc3)C[C@@H]1O2. The minimum atomic E-state index is -0.284. The number of hydrogen-bond donors (Lipinski definition) is 0. The molecule has 4 heteroatoms. The van der Waals surface area contributed by atoms with Crippen LogP contribution in [0, 0.1) is 12.8 Å². The normalized spacial score (nSPS) is 19.3.